The Kier molecular flexibility index (Phi) is 18.9. The Morgan fingerprint density at radius 1 is 0.927 bits per heavy atom. The molecule has 0 aliphatic carbocycles. The minimum Gasteiger partial charge on any atom is -0.465 e. The SMILES string of the molecule is C=CC(=O)OCC(COC(=O)C=C)(COC(=O)CCS(=O)O)COC(=O)C(COCC)S(=O)(=O)CCN(CC)CC. The average Bonchev–Trinajstić information content (AvgIpc) is 2.95. The zero-order chi connectivity index (χ0) is 31.5. The highest BCUT2D eigenvalue weighted by Gasteiger charge is 2.40. The van der Waals surface area contributed by atoms with Crippen molar-refractivity contribution in [3.05, 3.63) is 25.3 Å². The first-order valence-corrected chi connectivity index (χ1v) is 15.8. The van der Waals surface area contributed by atoms with Gasteiger partial charge in [-0.2, -0.15) is 0 Å². The van der Waals surface area contributed by atoms with Crippen molar-refractivity contribution in [1.29, 1.82) is 0 Å². The van der Waals surface area contributed by atoms with Crippen molar-refractivity contribution in [1.82, 2.24) is 4.90 Å². The van der Waals surface area contributed by atoms with E-state index in [4.69, 9.17) is 28.2 Å². The summed E-state index contributed by atoms with van der Waals surface area (Å²) in [7, 11) is -4.05. The number of hydrogen-bond acceptors (Lipinski definition) is 13. The van der Waals surface area contributed by atoms with Crippen molar-refractivity contribution >= 4 is 44.8 Å². The molecule has 14 nitrogen and oxygen atoms in total. The van der Waals surface area contributed by atoms with Crippen molar-refractivity contribution in [3.63, 3.8) is 0 Å². The van der Waals surface area contributed by atoms with E-state index in [1.54, 1.807) is 6.92 Å². The second-order valence-electron chi connectivity index (χ2n) is 8.71. The number of rotatable bonds is 23. The number of sulfone groups is 1. The molecule has 0 saturated heterocycles. The molecular formula is C25H41NO13S2. The Morgan fingerprint density at radius 2 is 1.44 bits per heavy atom. The molecule has 0 rings (SSSR count). The van der Waals surface area contributed by atoms with Gasteiger partial charge in [0.1, 0.15) is 31.8 Å². The molecule has 0 saturated carbocycles. The highest BCUT2D eigenvalue weighted by molar-refractivity contribution is 7.92. The molecule has 41 heavy (non-hydrogen) atoms. The maximum absolute atomic E-state index is 13.1. The van der Waals surface area contributed by atoms with E-state index in [2.05, 4.69) is 13.2 Å². The molecule has 2 atom stereocenters. The summed E-state index contributed by atoms with van der Waals surface area (Å²) in [6, 6.07) is 0. The molecule has 0 radical (unpaired) electrons. The van der Waals surface area contributed by atoms with Gasteiger partial charge in [0.05, 0.1) is 24.5 Å². The number of ether oxygens (including phenoxy) is 5. The summed E-state index contributed by atoms with van der Waals surface area (Å²) in [6.45, 7) is 10.4. The predicted octanol–water partition coefficient (Wildman–Crippen LogP) is 0.291. The molecule has 16 heteroatoms. The van der Waals surface area contributed by atoms with Crippen LogP contribution in [0.2, 0.25) is 0 Å². The van der Waals surface area contributed by atoms with Crippen LogP contribution in [0.1, 0.15) is 27.2 Å². The first kappa shape index (κ1) is 38.3. The highest BCUT2D eigenvalue weighted by Crippen LogP contribution is 2.23. The van der Waals surface area contributed by atoms with Crippen LogP contribution in [0, 0.1) is 5.41 Å². The van der Waals surface area contributed by atoms with Crippen LogP contribution in [0.4, 0.5) is 0 Å². The third kappa shape index (κ3) is 15.8. The third-order valence-electron chi connectivity index (χ3n) is 5.67. The van der Waals surface area contributed by atoms with Crippen LogP contribution in [-0.2, 0) is 63.8 Å². The van der Waals surface area contributed by atoms with Gasteiger partial charge < -0.3 is 33.1 Å². The monoisotopic (exact) mass is 627 g/mol. The minimum absolute atomic E-state index is 0.128. The standard InChI is InChI=1S/C25H41NO13S2/c1-6-21(27)36-16-25(17-37-22(28)7-2,18-38-23(29)11-13-40(31)32)19-39-24(30)20(15-35-10-5)41(33,34)14-12-26(8-3)9-4/h6-7,20H,1-2,8-19H2,3-5H3,(H,31,32). The van der Waals surface area contributed by atoms with Crippen LogP contribution in [0.5, 0.6) is 0 Å². The predicted molar refractivity (Wildman–Crippen MR) is 149 cm³/mol. The summed E-state index contributed by atoms with van der Waals surface area (Å²) in [5.41, 5.74) is -1.69. The van der Waals surface area contributed by atoms with Crippen LogP contribution >= 0.6 is 0 Å². The van der Waals surface area contributed by atoms with Crippen molar-refractivity contribution in [2.75, 3.05) is 70.8 Å². The van der Waals surface area contributed by atoms with E-state index in [9.17, 15) is 31.8 Å². The summed E-state index contributed by atoms with van der Waals surface area (Å²) in [4.78, 5) is 50.7. The first-order chi connectivity index (χ1) is 19.3. The summed E-state index contributed by atoms with van der Waals surface area (Å²) < 4.78 is 71.9. The van der Waals surface area contributed by atoms with Gasteiger partial charge in [0, 0.05) is 25.3 Å². The largest absolute Gasteiger partial charge is 0.465 e. The van der Waals surface area contributed by atoms with Gasteiger partial charge >= 0.3 is 23.9 Å². The van der Waals surface area contributed by atoms with E-state index in [0.717, 1.165) is 12.2 Å². The van der Waals surface area contributed by atoms with Crippen LogP contribution in [0.15, 0.2) is 25.3 Å². The molecule has 1 N–H and O–H groups in total. The maximum Gasteiger partial charge on any atom is 0.330 e. The van der Waals surface area contributed by atoms with Crippen molar-refractivity contribution < 1.29 is 60.0 Å². The summed E-state index contributed by atoms with van der Waals surface area (Å²) in [6.07, 6.45) is 1.24. The van der Waals surface area contributed by atoms with Gasteiger partial charge in [-0.15, -0.1) is 0 Å². The Bertz CT molecular complexity index is 985. The van der Waals surface area contributed by atoms with Crippen LogP contribution in [0.3, 0.4) is 0 Å². The van der Waals surface area contributed by atoms with E-state index in [0.29, 0.717) is 13.1 Å². The zero-order valence-electron chi connectivity index (χ0n) is 23.7. The van der Waals surface area contributed by atoms with E-state index in [1.165, 1.54) is 0 Å². The van der Waals surface area contributed by atoms with Gasteiger partial charge in [-0.3, -0.25) is 9.59 Å². The van der Waals surface area contributed by atoms with Crippen molar-refractivity contribution in [3.8, 4) is 0 Å². The van der Waals surface area contributed by atoms with Crippen LogP contribution < -0.4 is 0 Å². The van der Waals surface area contributed by atoms with Gasteiger partial charge in [0.15, 0.2) is 26.2 Å². The third-order valence-corrected chi connectivity index (χ3v) is 8.17. The van der Waals surface area contributed by atoms with E-state index >= 15 is 0 Å². The molecule has 0 bridgehead atoms. The first-order valence-electron chi connectivity index (χ1n) is 12.8. The topological polar surface area (TPSA) is 189 Å². The number of hydrogen-bond donors (Lipinski definition) is 1. The lowest BCUT2D eigenvalue weighted by atomic mass is 9.92. The number of carbonyl (C=O) groups excluding carboxylic acids is 4. The Balaban J connectivity index is 6.07. The van der Waals surface area contributed by atoms with Gasteiger partial charge in [-0.05, 0) is 20.0 Å². The number of esters is 4. The lowest BCUT2D eigenvalue weighted by Gasteiger charge is -2.32. The fraction of sp³-hybridized carbons (Fsp3) is 0.680. The Hall–Kier alpha value is -2.66. The Labute approximate surface area is 243 Å². The maximum atomic E-state index is 13.1. The van der Waals surface area contributed by atoms with Crippen LogP contribution in [-0.4, -0.2) is 122 Å². The Morgan fingerprint density at radius 3 is 1.90 bits per heavy atom. The van der Waals surface area contributed by atoms with Gasteiger partial charge in [0.25, 0.3) is 0 Å². The molecule has 0 spiro atoms. The molecule has 0 aliphatic heterocycles. The van der Waals surface area contributed by atoms with E-state index in [1.807, 2.05) is 18.7 Å². The molecule has 0 amide bonds. The fourth-order valence-corrected chi connectivity index (χ4v) is 4.89. The normalized spacial score (nSPS) is 13.1. The van der Waals surface area contributed by atoms with Gasteiger partial charge in [-0.25, -0.2) is 22.2 Å². The molecular weight excluding hydrogens is 586 g/mol. The molecule has 236 valence electrons. The van der Waals surface area contributed by atoms with Crippen molar-refractivity contribution in [2.24, 2.45) is 5.41 Å². The zero-order valence-corrected chi connectivity index (χ0v) is 25.4. The second-order valence-corrected chi connectivity index (χ2v) is 12.1. The van der Waals surface area contributed by atoms with E-state index in [-0.39, 0.29) is 18.9 Å². The molecule has 0 heterocycles. The van der Waals surface area contributed by atoms with Gasteiger partial charge in [-0.1, -0.05) is 27.0 Å². The number of nitrogens with zero attached hydrogens (tertiary/aromatic N) is 1. The molecule has 0 aliphatic rings. The molecule has 0 aromatic carbocycles. The molecule has 0 aromatic rings. The lowest BCUT2D eigenvalue weighted by Crippen LogP contribution is -2.46. The summed E-state index contributed by atoms with van der Waals surface area (Å²) >= 11 is -2.27. The fourth-order valence-electron chi connectivity index (χ4n) is 3.09. The average molecular weight is 628 g/mol. The van der Waals surface area contributed by atoms with Gasteiger partial charge in [0.2, 0.25) is 0 Å². The quantitative estimate of drug-likeness (QED) is 0.0704. The summed E-state index contributed by atoms with van der Waals surface area (Å²) in [5.74, 6) is -4.64. The molecule has 0 fully saturated rings. The minimum atomic E-state index is -4.05. The smallest absolute Gasteiger partial charge is 0.330 e. The van der Waals surface area contributed by atoms with E-state index < -0.39 is 101 Å². The van der Waals surface area contributed by atoms with Crippen LogP contribution in [0.25, 0.3) is 0 Å². The summed E-state index contributed by atoms with van der Waals surface area (Å²) in [5, 5.41) is -1.69. The molecule has 0 aromatic heterocycles. The second kappa shape index (κ2) is 20.3. The molecule has 2 unspecified atom stereocenters. The lowest BCUT2D eigenvalue weighted by molar-refractivity contribution is -0.167. The number of carbonyl (C=O) groups is 4. The van der Waals surface area contributed by atoms with Crippen molar-refractivity contribution in [2.45, 2.75) is 32.4 Å². The highest BCUT2D eigenvalue weighted by atomic mass is 32.2.